The van der Waals surface area contributed by atoms with E-state index < -0.39 is 33.3 Å². The lowest BCUT2D eigenvalue weighted by molar-refractivity contribution is 0.201. The second-order valence-electron chi connectivity index (χ2n) is 4.57. The first-order valence-corrected chi connectivity index (χ1v) is 7.97. The molecule has 0 saturated heterocycles. The Labute approximate surface area is 117 Å². The van der Waals surface area contributed by atoms with Gasteiger partial charge in [0.05, 0.1) is 17.6 Å². The first-order chi connectivity index (χ1) is 9.48. The molecule has 0 bridgehead atoms. The van der Waals surface area contributed by atoms with Crippen LogP contribution in [0.4, 0.5) is 4.39 Å². The van der Waals surface area contributed by atoms with Gasteiger partial charge in [0, 0.05) is 5.56 Å². The van der Waals surface area contributed by atoms with Gasteiger partial charge in [-0.3, -0.25) is 0 Å². The van der Waals surface area contributed by atoms with Gasteiger partial charge in [-0.25, -0.2) is 12.8 Å². The quantitative estimate of drug-likeness (QED) is 0.921. The maximum absolute atomic E-state index is 13.5. The summed E-state index contributed by atoms with van der Waals surface area (Å²) < 4.78 is 37.5. The minimum atomic E-state index is -3.59. The van der Waals surface area contributed by atoms with Crippen molar-refractivity contribution in [3.8, 4) is 0 Å². The molecule has 2 aromatic rings. The van der Waals surface area contributed by atoms with Crippen molar-refractivity contribution in [2.45, 2.75) is 11.9 Å². The van der Waals surface area contributed by atoms with Crippen LogP contribution in [-0.2, 0) is 15.6 Å². The van der Waals surface area contributed by atoms with Gasteiger partial charge in [0.1, 0.15) is 5.82 Å². The molecule has 0 amide bonds. The van der Waals surface area contributed by atoms with Gasteiger partial charge in [-0.05, 0) is 11.6 Å². The summed E-state index contributed by atoms with van der Waals surface area (Å²) in [5.74, 6) is -1.39. The molecule has 3 nitrogen and oxygen atoms in total. The third-order valence-electron chi connectivity index (χ3n) is 2.93. The van der Waals surface area contributed by atoms with E-state index in [1.165, 1.54) is 18.2 Å². The molecule has 106 valence electrons. The van der Waals surface area contributed by atoms with E-state index in [1.807, 2.05) is 0 Å². The van der Waals surface area contributed by atoms with Crippen molar-refractivity contribution in [1.82, 2.24) is 0 Å². The molecule has 0 aliphatic carbocycles. The van der Waals surface area contributed by atoms with Crippen LogP contribution in [0.25, 0.3) is 0 Å². The summed E-state index contributed by atoms with van der Waals surface area (Å²) in [4.78, 5) is 0. The maximum Gasteiger partial charge on any atom is 0.157 e. The van der Waals surface area contributed by atoms with E-state index in [0.29, 0.717) is 5.56 Å². The first kappa shape index (κ1) is 14.7. The summed E-state index contributed by atoms with van der Waals surface area (Å²) in [7, 11) is -3.59. The lowest BCUT2D eigenvalue weighted by Crippen LogP contribution is -2.17. The number of hydrogen-bond acceptors (Lipinski definition) is 3. The van der Waals surface area contributed by atoms with Crippen LogP contribution in [0.2, 0.25) is 0 Å². The summed E-state index contributed by atoms with van der Waals surface area (Å²) in [5, 5.41) is 9.93. The molecular weight excluding hydrogens is 279 g/mol. The molecule has 20 heavy (non-hydrogen) atoms. The molecule has 0 heterocycles. The topological polar surface area (TPSA) is 54.4 Å². The number of aliphatic hydroxyl groups is 1. The van der Waals surface area contributed by atoms with Crippen molar-refractivity contribution < 1.29 is 17.9 Å². The molecule has 0 saturated carbocycles. The van der Waals surface area contributed by atoms with E-state index >= 15 is 0 Å². The number of rotatable bonds is 5. The number of halogens is 1. The third-order valence-corrected chi connectivity index (χ3v) is 4.50. The van der Waals surface area contributed by atoms with Gasteiger partial charge >= 0.3 is 0 Å². The summed E-state index contributed by atoms with van der Waals surface area (Å²) in [6.07, 6.45) is -1.10. The van der Waals surface area contributed by atoms with Crippen LogP contribution >= 0.6 is 0 Å². The zero-order valence-electron chi connectivity index (χ0n) is 10.7. The van der Waals surface area contributed by atoms with E-state index in [4.69, 9.17) is 0 Å². The minimum Gasteiger partial charge on any atom is -0.387 e. The standard InChI is InChI=1S/C15H15FO3S/c16-14-9-5-4-8-13(14)10-20(18,19)11-15(17)12-6-2-1-3-7-12/h1-9,15,17H,10-11H2/t15-/m0/s1. The molecular formula is C15H15FO3S. The van der Waals surface area contributed by atoms with E-state index in [0.717, 1.165) is 0 Å². The Balaban J connectivity index is 2.10. The fourth-order valence-corrected chi connectivity index (χ4v) is 3.42. The van der Waals surface area contributed by atoms with Crippen LogP contribution in [0.15, 0.2) is 54.6 Å². The fraction of sp³-hybridized carbons (Fsp3) is 0.200. The summed E-state index contributed by atoms with van der Waals surface area (Å²) in [6, 6.07) is 14.3. The smallest absolute Gasteiger partial charge is 0.157 e. The lowest BCUT2D eigenvalue weighted by atomic mass is 10.1. The normalized spacial score (nSPS) is 13.1. The Morgan fingerprint density at radius 1 is 1.00 bits per heavy atom. The van der Waals surface area contributed by atoms with Crippen molar-refractivity contribution in [2.24, 2.45) is 0 Å². The second-order valence-corrected chi connectivity index (χ2v) is 6.68. The highest BCUT2D eigenvalue weighted by atomic mass is 32.2. The van der Waals surface area contributed by atoms with Gasteiger partial charge in [0.2, 0.25) is 0 Å². The highest BCUT2D eigenvalue weighted by molar-refractivity contribution is 7.90. The summed E-state index contributed by atoms with van der Waals surface area (Å²) in [5.41, 5.74) is 0.650. The molecule has 0 unspecified atom stereocenters. The fourth-order valence-electron chi connectivity index (χ4n) is 1.92. The molecule has 0 radical (unpaired) electrons. The number of sulfone groups is 1. The van der Waals surface area contributed by atoms with E-state index in [9.17, 15) is 17.9 Å². The molecule has 0 fully saturated rings. The Kier molecular flexibility index (Phi) is 4.52. The van der Waals surface area contributed by atoms with Crippen LogP contribution in [0.1, 0.15) is 17.2 Å². The summed E-state index contributed by atoms with van der Waals surface area (Å²) >= 11 is 0. The molecule has 0 aliphatic heterocycles. The minimum absolute atomic E-state index is 0.118. The Hall–Kier alpha value is -1.72. The number of aliphatic hydroxyl groups excluding tert-OH is 1. The number of hydrogen-bond donors (Lipinski definition) is 1. The molecule has 0 aromatic heterocycles. The van der Waals surface area contributed by atoms with Gasteiger partial charge < -0.3 is 5.11 Å². The van der Waals surface area contributed by atoms with Gasteiger partial charge in [-0.2, -0.15) is 0 Å². The number of benzene rings is 2. The average Bonchev–Trinajstić information content (AvgIpc) is 2.41. The zero-order valence-corrected chi connectivity index (χ0v) is 11.6. The van der Waals surface area contributed by atoms with Crippen LogP contribution in [0.5, 0.6) is 0 Å². The first-order valence-electron chi connectivity index (χ1n) is 6.15. The molecule has 0 spiro atoms. The van der Waals surface area contributed by atoms with E-state index in [2.05, 4.69) is 0 Å². The van der Waals surface area contributed by atoms with Gasteiger partial charge in [0.25, 0.3) is 0 Å². The van der Waals surface area contributed by atoms with Crippen LogP contribution in [0.3, 0.4) is 0 Å². The zero-order chi connectivity index (χ0) is 14.6. The molecule has 0 aliphatic rings. The van der Waals surface area contributed by atoms with Crippen molar-refractivity contribution >= 4 is 9.84 Å². The average molecular weight is 294 g/mol. The van der Waals surface area contributed by atoms with Crippen molar-refractivity contribution in [3.63, 3.8) is 0 Å². The monoisotopic (exact) mass is 294 g/mol. The SMILES string of the molecule is O=S(=O)(Cc1ccccc1F)C[C@H](O)c1ccccc1. The predicted molar refractivity (Wildman–Crippen MR) is 75.3 cm³/mol. The van der Waals surface area contributed by atoms with Crippen LogP contribution in [-0.4, -0.2) is 19.3 Å². The molecule has 2 aromatic carbocycles. The molecule has 5 heteroatoms. The second kappa shape index (κ2) is 6.15. The van der Waals surface area contributed by atoms with Crippen LogP contribution in [0, 0.1) is 5.82 Å². The highest BCUT2D eigenvalue weighted by Crippen LogP contribution is 2.18. The Morgan fingerprint density at radius 3 is 2.25 bits per heavy atom. The third kappa shape index (κ3) is 3.88. The Morgan fingerprint density at radius 2 is 1.60 bits per heavy atom. The molecule has 1 atom stereocenters. The van der Waals surface area contributed by atoms with E-state index in [-0.39, 0.29) is 5.56 Å². The van der Waals surface area contributed by atoms with Gasteiger partial charge in [-0.1, -0.05) is 48.5 Å². The van der Waals surface area contributed by atoms with Crippen LogP contribution < -0.4 is 0 Å². The molecule has 1 N–H and O–H groups in total. The van der Waals surface area contributed by atoms with Crippen molar-refractivity contribution in [3.05, 3.63) is 71.5 Å². The van der Waals surface area contributed by atoms with E-state index in [1.54, 1.807) is 36.4 Å². The Bertz CT molecular complexity index is 669. The predicted octanol–water partition coefficient (Wildman–Crippen LogP) is 2.47. The van der Waals surface area contributed by atoms with Gasteiger partial charge in [-0.15, -0.1) is 0 Å². The van der Waals surface area contributed by atoms with Crippen molar-refractivity contribution in [1.29, 1.82) is 0 Å². The molecule has 2 rings (SSSR count). The summed E-state index contributed by atoms with van der Waals surface area (Å²) in [6.45, 7) is 0. The highest BCUT2D eigenvalue weighted by Gasteiger charge is 2.20. The largest absolute Gasteiger partial charge is 0.387 e. The van der Waals surface area contributed by atoms with Gasteiger partial charge in [0.15, 0.2) is 9.84 Å². The maximum atomic E-state index is 13.5. The van der Waals surface area contributed by atoms with Crippen molar-refractivity contribution in [2.75, 3.05) is 5.75 Å². The lowest BCUT2D eigenvalue weighted by Gasteiger charge is -2.12.